The lowest BCUT2D eigenvalue weighted by Gasteiger charge is -2.27. The summed E-state index contributed by atoms with van der Waals surface area (Å²) in [5, 5.41) is 0. The summed E-state index contributed by atoms with van der Waals surface area (Å²) in [4.78, 5) is 4.54. The summed E-state index contributed by atoms with van der Waals surface area (Å²) < 4.78 is 0. The molecule has 1 atom stereocenters. The van der Waals surface area contributed by atoms with Crippen LogP contribution in [0.3, 0.4) is 0 Å². The molecular weight excluding hydrogens is 314 g/mol. The van der Waals surface area contributed by atoms with Crippen LogP contribution < -0.4 is 0 Å². The summed E-state index contributed by atoms with van der Waals surface area (Å²) in [5.74, 6) is 1.37. The number of alkyl halides is 2. The lowest BCUT2D eigenvalue weighted by molar-refractivity contribution is 0.242. The van der Waals surface area contributed by atoms with Crippen molar-refractivity contribution in [3.63, 3.8) is 0 Å². The van der Waals surface area contributed by atoms with E-state index in [0.717, 1.165) is 19.5 Å². The summed E-state index contributed by atoms with van der Waals surface area (Å²) in [6, 6.07) is 0.982. The van der Waals surface area contributed by atoms with E-state index in [2.05, 4.69) is 44.2 Å². The summed E-state index contributed by atoms with van der Waals surface area (Å²) in [6.07, 6.45) is 3.33. The molecule has 2 nitrogen and oxygen atoms in total. The van der Waals surface area contributed by atoms with E-state index in [1.807, 2.05) is 0 Å². The van der Waals surface area contributed by atoms with Crippen molar-refractivity contribution in [1.82, 2.24) is 9.80 Å². The monoisotopic (exact) mass is 339 g/mol. The van der Waals surface area contributed by atoms with Crippen LogP contribution in [-0.4, -0.2) is 60.8 Å². The number of hydrogen-bond donors (Lipinski definition) is 0. The van der Waals surface area contributed by atoms with Gasteiger partial charge in [-0.15, -0.1) is 48.0 Å². The Morgan fingerprint density at radius 1 is 1.11 bits per heavy atom. The number of hydrogen-bond acceptors (Lipinski definition) is 2. The molecule has 0 aromatic carbocycles. The van der Waals surface area contributed by atoms with Gasteiger partial charge in [0.25, 0.3) is 0 Å². The summed E-state index contributed by atoms with van der Waals surface area (Å²) >= 11 is 11.7. The Balaban J connectivity index is -0.00000112. The first-order valence-corrected chi connectivity index (χ1v) is 6.93. The third-order valence-electron chi connectivity index (χ3n) is 2.81. The van der Waals surface area contributed by atoms with Crippen molar-refractivity contribution in [3.8, 4) is 0 Å². The summed E-state index contributed by atoms with van der Waals surface area (Å²) in [6.45, 7) is 6.34. The van der Waals surface area contributed by atoms with E-state index in [4.69, 9.17) is 23.2 Å². The van der Waals surface area contributed by atoms with Crippen LogP contribution >= 0.6 is 48.0 Å². The Bertz CT molecular complexity index is 168. The van der Waals surface area contributed by atoms with Gasteiger partial charge in [-0.2, -0.15) is 0 Å². The molecule has 0 rings (SSSR count). The smallest absolute Gasteiger partial charge is 0.0379 e. The zero-order valence-electron chi connectivity index (χ0n) is 11.7. The van der Waals surface area contributed by atoms with E-state index >= 15 is 0 Å². The van der Waals surface area contributed by atoms with Crippen molar-refractivity contribution >= 4 is 48.0 Å². The highest BCUT2D eigenvalue weighted by Crippen LogP contribution is 2.07. The molecule has 0 aliphatic rings. The molecule has 1 radical (unpaired) electrons. The first-order valence-electron chi connectivity index (χ1n) is 5.87. The highest BCUT2D eigenvalue weighted by Gasteiger charge is 2.12. The van der Waals surface area contributed by atoms with Gasteiger partial charge in [0.1, 0.15) is 0 Å². The molecule has 113 valence electrons. The Morgan fingerprint density at radius 3 is 2.00 bits per heavy atom. The van der Waals surface area contributed by atoms with E-state index in [9.17, 15) is 0 Å². The third-order valence-corrected chi connectivity index (χ3v) is 3.34. The fourth-order valence-electron chi connectivity index (χ4n) is 1.51. The second-order valence-electron chi connectivity index (χ2n) is 4.57. The van der Waals surface area contributed by atoms with Crippen LogP contribution in [0.2, 0.25) is 0 Å². The summed E-state index contributed by atoms with van der Waals surface area (Å²) in [7, 11) is 4.14. The molecule has 6 heteroatoms. The molecule has 0 saturated heterocycles. The van der Waals surface area contributed by atoms with Crippen LogP contribution in [0.1, 0.15) is 20.3 Å². The van der Waals surface area contributed by atoms with E-state index in [1.54, 1.807) is 0 Å². The zero-order chi connectivity index (χ0) is 12.6. The third kappa shape index (κ3) is 11.0. The highest BCUT2D eigenvalue weighted by molar-refractivity contribution is 6.18. The molecule has 0 N–H and O–H groups in total. The van der Waals surface area contributed by atoms with Gasteiger partial charge in [0, 0.05) is 36.9 Å². The van der Waals surface area contributed by atoms with Crippen LogP contribution in [0.15, 0.2) is 0 Å². The largest absolute Gasteiger partial charge is 0.305 e. The van der Waals surface area contributed by atoms with Crippen molar-refractivity contribution in [2.75, 3.05) is 38.9 Å². The molecule has 1 unspecified atom stereocenters. The van der Waals surface area contributed by atoms with Gasteiger partial charge in [-0.25, -0.2) is 0 Å². The average molecular weight is 341 g/mol. The van der Waals surface area contributed by atoms with Crippen molar-refractivity contribution in [2.45, 2.75) is 32.4 Å². The number of rotatable bonds is 9. The van der Waals surface area contributed by atoms with Crippen LogP contribution in [-0.2, 0) is 0 Å². The van der Waals surface area contributed by atoms with Gasteiger partial charge in [0.2, 0.25) is 0 Å². The lowest BCUT2D eigenvalue weighted by Crippen LogP contribution is -2.35. The van der Waals surface area contributed by atoms with Gasteiger partial charge in [-0.05, 0) is 40.8 Å². The Labute approximate surface area is 135 Å². The molecule has 18 heavy (non-hydrogen) atoms. The van der Waals surface area contributed by atoms with Crippen molar-refractivity contribution in [2.24, 2.45) is 0 Å². The van der Waals surface area contributed by atoms with E-state index in [-0.39, 0.29) is 24.8 Å². The van der Waals surface area contributed by atoms with Crippen LogP contribution in [0, 0.1) is 6.42 Å². The second-order valence-corrected chi connectivity index (χ2v) is 5.26. The van der Waals surface area contributed by atoms with Crippen molar-refractivity contribution in [3.05, 3.63) is 6.42 Å². The van der Waals surface area contributed by atoms with Gasteiger partial charge in [-0.3, -0.25) is 4.90 Å². The molecular formula is C12H27Cl4N2. The average Bonchev–Trinajstić information content (AvgIpc) is 2.21. The normalized spacial score (nSPS) is 12.5. The fourth-order valence-corrected chi connectivity index (χ4v) is 2.13. The lowest BCUT2D eigenvalue weighted by atomic mass is 10.1. The second kappa shape index (κ2) is 14.5. The topological polar surface area (TPSA) is 6.48 Å². The zero-order valence-corrected chi connectivity index (χ0v) is 14.9. The minimum atomic E-state index is 0. The molecule has 0 spiro atoms. The molecule has 0 aromatic rings. The molecule has 0 aliphatic heterocycles. The van der Waals surface area contributed by atoms with Crippen molar-refractivity contribution in [1.29, 1.82) is 0 Å². The standard InChI is InChI=1S/C12H25Cl2N2.2ClH/c1-11(2)16(9-7-13)8-5-6-12(10-14)15(3)4;;/h5,11-12H,6-10H2,1-4H3;2*1H. The van der Waals surface area contributed by atoms with E-state index < -0.39 is 0 Å². The number of halogens is 4. The van der Waals surface area contributed by atoms with Crippen molar-refractivity contribution < 1.29 is 0 Å². The highest BCUT2D eigenvalue weighted by atomic mass is 35.5. The van der Waals surface area contributed by atoms with Crippen LogP contribution in [0.25, 0.3) is 0 Å². The maximum atomic E-state index is 5.91. The first-order chi connectivity index (χ1) is 7.52. The molecule has 0 heterocycles. The number of nitrogens with zero attached hydrogens (tertiary/aromatic N) is 2. The van der Waals surface area contributed by atoms with Crippen LogP contribution in [0.5, 0.6) is 0 Å². The minimum Gasteiger partial charge on any atom is -0.305 e. The summed E-state index contributed by atoms with van der Waals surface area (Å²) in [5.41, 5.74) is 0. The molecule has 0 amide bonds. The molecule has 0 aliphatic carbocycles. The Kier molecular flexibility index (Phi) is 19.4. The maximum Gasteiger partial charge on any atom is 0.0379 e. The fraction of sp³-hybridized carbons (Fsp3) is 0.917. The van der Waals surface area contributed by atoms with Gasteiger partial charge < -0.3 is 4.90 Å². The molecule has 0 aromatic heterocycles. The first kappa shape index (κ1) is 24.1. The quantitative estimate of drug-likeness (QED) is 0.592. The molecule has 0 saturated carbocycles. The van der Waals surface area contributed by atoms with Gasteiger partial charge >= 0.3 is 0 Å². The van der Waals surface area contributed by atoms with E-state index in [1.165, 1.54) is 0 Å². The SMILES string of the molecule is CC(C)N(C[CH]CC(CCl)N(C)C)CCCl.Cl.Cl. The maximum absolute atomic E-state index is 5.91. The van der Waals surface area contributed by atoms with Crippen LogP contribution in [0.4, 0.5) is 0 Å². The Morgan fingerprint density at radius 2 is 1.67 bits per heavy atom. The predicted molar refractivity (Wildman–Crippen MR) is 89.0 cm³/mol. The molecule has 0 fully saturated rings. The van der Waals surface area contributed by atoms with Gasteiger partial charge in [0.15, 0.2) is 0 Å². The molecule has 0 bridgehead atoms. The van der Waals surface area contributed by atoms with Gasteiger partial charge in [0.05, 0.1) is 0 Å². The minimum absolute atomic E-state index is 0. The predicted octanol–water partition coefficient (Wildman–Crippen LogP) is 3.54. The Hall–Kier alpha value is 1.08. The van der Waals surface area contributed by atoms with Gasteiger partial charge in [-0.1, -0.05) is 0 Å². The van der Waals surface area contributed by atoms with E-state index in [0.29, 0.717) is 23.8 Å².